The zero-order valence-electron chi connectivity index (χ0n) is 31.1. The van der Waals surface area contributed by atoms with Crippen molar-refractivity contribution in [1.82, 2.24) is 0 Å². The summed E-state index contributed by atoms with van der Waals surface area (Å²) in [5.41, 5.74) is 10.5. The molecule has 0 aliphatic rings. The molecule has 0 spiro atoms. The molecule has 0 amide bonds. The monoisotopic (exact) mass is 731 g/mol. The third kappa shape index (κ3) is 6.79. The van der Waals surface area contributed by atoms with Gasteiger partial charge in [0, 0.05) is 17.1 Å². The maximum Gasteiger partial charge on any atom is 0.179 e. The Morgan fingerprint density at radius 3 is 0.839 bits per heavy atom. The fourth-order valence-electron chi connectivity index (χ4n) is 8.11. The molecule has 266 valence electrons. The van der Waals surface area contributed by atoms with Crippen LogP contribution in [-0.2, 0) is 0 Å². The van der Waals surface area contributed by atoms with Crippen molar-refractivity contribution in [3.8, 4) is 33.4 Å². The zero-order valence-corrected chi connectivity index (χ0v) is 32.1. The first-order chi connectivity index (χ1) is 27.8. The Kier molecular flexibility index (Phi) is 9.78. The fraction of sp³-hybridized carbons (Fsp3) is 0. The lowest BCUT2D eigenvalue weighted by Gasteiger charge is -2.34. The first-order valence-electron chi connectivity index (χ1n) is 19.3. The fourth-order valence-corrected chi connectivity index (χ4v) is 12.9. The molecule has 0 N–H and O–H groups in total. The van der Waals surface area contributed by atoms with Crippen LogP contribution in [0.15, 0.2) is 249 Å². The van der Waals surface area contributed by atoms with Crippen LogP contribution in [-0.4, -0.2) is 8.07 Å². The quantitative estimate of drug-likeness (QED) is 0.1000. The molecule has 0 atom stereocenters. The van der Waals surface area contributed by atoms with E-state index in [9.17, 15) is 0 Å². The SMILES string of the molecule is c1ccc(-c2ccc(N(c3ccc(-c4ccccc4)cc3)c3ccc(-c4cccc([Si](c5ccccc5)(c5ccccc5)c5ccccc5)c4)cc3)cc2)cc1. The Hall–Kier alpha value is -7.00. The second-order valence-corrected chi connectivity index (χ2v) is 17.9. The molecule has 0 heterocycles. The van der Waals surface area contributed by atoms with E-state index in [1.165, 1.54) is 54.1 Å². The van der Waals surface area contributed by atoms with Crippen LogP contribution in [0, 0.1) is 0 Å². The van der Waals surface area contributed by atoms with E-state index in [-0.39, 0.29) is 0 Å². The summed E-state index contributed by atoms with van der Waals surface area (Å²) in [5, 5.41) is 5.48. The lowest BCUT2D eigenvalue weighted by Crippen LogP contribution is -2.74. The molecule has 0 saturated carbocycles. The standard InChI is InChI=1S/C54H41NSi/c1-6-17-42(18-7-1)44-29-35-48(36-30-44)55(49-37-31-45(32-38-49)43-19-8-2-9-20-43)50-39-33-46(34-40-50)47-21-16-28-54(41-47)56(51-22-10-3-11-23-51,52-24-12-4-13-25-52)53-26-14-5-15-27-53/h1-41H. The molecule has 1 nitrogen and oxygen atoms in total. The number of hydrogen-bond acceptors (Lipinski definition) is 1. The van der Waals surface area contributed by atoms with E-state index >= 15 is 0 Å². The molecule has 0 aliphatic heterocycles. The Labute approximate surface area is 331 Å². The van der Waals surface area contributed by atoms with Crippen molar-refractivity contribution in [2.75, 3.05) is 4.90 Å². The summed E-state index contributed by atoms with van der Waals surface area (Å²) < 4.78 is 0. The van der Waals surface area contributed by atoms with Crippen molar-refractivity contribution >= 4 is 45.9 Å². The molecule has 56 heavy (non-hydrogen) atoms. The van der Waals surface area contributed by atoms with E-state index in [1.54, 1.807) is 0 Å². The molecule has 0 radical (unpaired) electrons. The molecule has 0 aliphatic carbocycles. The minimum Gasteiger partial charge on any atom is -0.311 e. The lowest BCUT2D eigenvalue weighted by molar-refractivity contribution is 1.28. The number of benzene rings is 9. The Balaban J connectivity index is 1.12. The highest BCUT2D eigenvalue weighted by atomic mass is 28.3. The van der Waals surface area contributed by atoms with E-state index < -0.39 is 8.07 Å². The van der Waals surface area contributed by atoms with Gasteiger partial charge in [-0.15, -0.1) is 0 Å². The number of rotatable bonds is 10. The van der Waals surface area contributed by atoms with Gasteiger partial charge in [0.2, 0.25) is 0 Å². The third-order valence-electron chi connectivity index (χ3n) is 10.8. The molecule has 0 fully saturated rings. The van der Waals surface area contributed by atoms with E-state index in [1.807, 2.05) is 0 Å². The second kappa shape index (κ2) is 15.8. The third-order valence-corrected chi connectivity index (χ3v) is 15.6. The van der Waals surface area contributed by atoms with Gasteiger partial charge in [0.15, 0.2) is 8.07 Å². The van der Waals surface area contributed by atoms with Crippen molar-refractivity contribution in [1.29, 1.82) is 0 Å². The van der Waals surface area contributed by atoms with Gasteiger partial charge in [0.1, 0.15) is 0 Å². The van der Waals surface area contributed by atoms with Crippen LogP contribution in [0.3, 0.4) is 0 Å². The average molecular weight is 732 g/mol. The van der Waals surface area contributed by atoms with Crippen molar-refractivity contribution in [3.63, 3.8) is 0 Å². The van der Waals surface area contributed by atoms with Gasteiger partial charge >= 0.3 is 0 Å². The topological polar surface area (TPSA) is 3.24 Å². The summed E-state index contributed by atoms with van der Waals surface area (Å²) >= 11 is 0. The van der Waals surface area contributed by atoms with Gasteiger partial charge in [0.25, 0.3) is 0 Å². The second-order valence-electron chi connectivity index (χ2n) is 14.1. The van der Waals surface area contributed by atoms with Crippen LogP contribution in [0.25, 0.3) is 33.4 Å². The van der Waals surface area contributed by atoms with Crippen LogP contribution in [0.1, 0.15) is 0 Å². The minimum absolute atomic E-state index is 1.10. The highest BCUT2D eigenvalue weighted by Crippen LogP contribution is 2.37. The first-order valence-corrected chi connectivity index (χ1v) is 21.3. The van der Waals surface area contributed by atoms with Crippen molar-refractivity contribution in [2.45, 2.75) is 0 Å². The van der Waals surface area contributed by atoms with Crippen molar-refractivity contribution in [2.24, 2.45) is 0 Å². The maximum atomic E-state index is 2.44. The summed E-state index contributed by atoms with van der Waals surface area (Å²) in [6.45, 7) is 0. The molecule has 0 unspecified atom stereocenters. The molecule has 9 aromatic carbocycles. The molecule has 9 rings (SSSR count). The molecule has 0 aromatic heterocycles. The van der Waals surface area contributed by atoms with Gasteiger partial charge in [-0.2, -0.15) is 0 Å². The molecule has 0 saturated heterocycles. The number of nitrogens with zero attached hydrogens (tertiary/aromatic N) is 1. The maximum absolute atomic E-state index is 2.65. The van der Waals surface area contributed by atoms with E-state index in [0.717, 1.165) is 17.1 Å². The predicted octanol–water partition coefficient (Wildman–Crippen LogP) is 11.5. The van der Waals surface area contributed by atoms with Crippen LogP contribution < -0.4 is 25.6 Å². The van der Waals surface area contributed by atoms with Gasteiger partial charge < -0.3 is 4.90 Å². The average Bonchev–Trinajstić information content (AvgIpc) is 3.29. The molecule has 0 bridgehead atoms. The Bertz CT molecular complexity index is 2450. The summed E-state index contributed by atoms with van der Waals surface area (Å²) in [6, 6.07) is 90.6. The molecular weight excluding hydrogens is 691 g/mol. The first kappa shape index (κ1) is 34.7. The lowest BCUT2D eigenvalue weighted by atomic mass is 10.0. The van der Waals surface area contributed by atoms with E-state index in [4.69, 9.17) is 0 Å². The minimum atomic E-state index is -2.65. The molecular formula is C54H41NSi. The largest absolute Gasteiger partial charge is 0.311 e. The smallest absolute Gasteiger partial charge is 0.179 e. The number of hydrogen-bond donors (Lipinski definition) is 0. The normalized spacial score (nSPS) is 11.2. The molecule has 9 aromatic rings. The van der Waals surface area contributed by atoms with E-state index in [2.05, 4.69) is 254 Å². The van der Waals surface area contributed by atoms with Gasteiger partial charge in [0.05, 0.1) is 0 Å². The Morgan fingerprint density at radius 2 is 0.482 bits per heavy atom. The van der Waals surface area contributed by atoms with Crippen LogP contribution in [0.5, 0.6) is 0 Å². The highest BCUT2D eigenvalue weighted by Gasteiger charge is 2.41. The Morgan fingerprint density at radius 1 is 0.214 bits per heavy atom. The van der Waals surface area contributed by atoms with Crippen molar-refractivity contribution < 1.29 is 0 Å². The summed E-state index contributed by atoms with van der Waals surface area (Å²) in [5.74, 6) is 0. The van der Waals surface area contributed by atoms with Crippen LogP contribution >= 0.6 is 0 Å². The summed E-state index contributed by atoms with van der Waals surface area (Å²) in [4.78, 5) is 2.35. The van der Waals surface area contributed by atoms with Gasteiger partial charge in [-0.05, 0) is 90.5 Å². The summed E-state index contributed by atoms with van der Waals surface area (Å²) in [7, 11) is -2.65. The summed E-state index contributed by atoms with van der Waals surface area (Å²) in [6.07, 6.45) is 0. The van der Waals surface area contributed by atoms with Gasteiger partial charge in [-0.1, -0.05) is 212 Å². The highest BCUT2D eigenvalue weighted by molar-refractivity contribution is 7.19. The van der Waals surface area contributed by atoms with Crippen LogP contribution in [0.2, 0.25) is 0 Å². The van der Waals surface area contributed by atoms with Gasteiger partial charge in [-0.3, -0.25) is 0 Å². The van der Waals surface area contributed by atoms with Crippen molar-refractivity contribution in [3.05, 3.63) is 249 Å². The zero-order chi connectivity index (χ0) is 37.6. The van der Waals surface area contributed by atoms with Gasteiger partial charge in [-0.25, -0.2) is 0 Å². The van der Waals surface area contributed by atoms with E-state index in [0.29, 0.717) is 0 Å². The molecule has 2 heteroatoms. The number of anilines is 3. The predicted molar refractivity (Wildman–Crippen MR) is 241 cm³/mol. The van der Waals surface area contributed by atoms with Crippen LogP contribution in [0.4, 0.5) is 17.1 Å².